The van der Waals surface area contributed by atoms with Crippen molar-refractivity contribution in [2.24, 2.45) is 0 Å². The molecule has 1 fully saturated rings. The van der Waals surface area contributed by atoms with Crippen LogP contribution < -0.4 is 5.32 Å². The van der Waals surface area contributed by atoms with Crippen LogP contribution in [0.4, 0.5) is 5.82 Å². The molecule has 0 saturated heterocycles. The van der Waals surface area contributed by atoms with E-state index in [2.05, 4.69) is 21.5 Å². The van der Waals surface area contributed by atoms with Crippen molar-refractivity contribution in [3.63, 3.8) is 0 Å². The van der Waals surface area contributed by atoms with Crippen molar-refractivity contribution in [2.45, 2.75) is 37.0 Å². The molecule has 15 heavy (non-hydrogen) atoms. The lowest BCUT2D eigenvalue weighted by atomic mass is 9.95. The van der Waals surface area contributed by atoms with E-state index in [1.165, 1.54) is 25.7 Å². The van der Waals surface area contributed by atoms with Crippen LogP contribution in [-0.4, -0.2) is 27.5 Å². The number of rotatable bonds is 3. The Balaban J connectivity index is 1.82. The van der Waals surface area contributed by atoms with Gasteiger partial charge >= 0.3 is 0 Å². The van der Waals surface area contributed by atoms with Gasteiger partial charge in [-0.15, -0.1) is 0 Å². The maximum absolute atomic E-state index is 4.18. The number of hydrogen-bond acceptors (Lipinski definition) is 4. The molecule has 1 aliphatic carbocycles. The highest BCUT2D eigenvalue weighted by atomic mass is 32.2. The van der Waals surface area contributed by atoms with Gasteiger partial charge in [-0.25, -0.2) is 9.97 Å². The van der Waals surface area contributed by atoms with Crippen molar-refractivity contribution in [2.75, 3.05) is 11.6 Å². The van der Waals surface area contributed by atoms with Gasteiger partial charge in [0, 0.05) is 17.5 Å². The summed E-state index contributed by atoms with van der Waals surface area (Å²) in [6.07, 6.45) is 10.8. The van der Waals surface area contributed by atoms with E-state index in [1.54, 1.807) is 12.5 Å². The van der Waals surface area contributed by atoms with Gasteiger partial charge in [0.05, 0.1) is 0 Å². The topological polar surface area (TPSA) is 37.8 Å². The molecule has 0 amide bonds. The molecule has 1 aromatic heterocycles. The Labute approximate surface area is 95.1 Å². The van der Waals surface area contributed by atoms with Crippen LogP contribution in [0, 0.1) is 0 Å². The molecular formula is C11H17N3S. The summed E-state index contributed by atoms with van der Waals surface area (Å²) in [7, 11) is 0. The van der Waals surface area contributed by atoms with E-state index < -0.39 is 0 Å². The summed E-state index contributed by atoms with van der Waals surface area (Å²) in [6, 6.07) is 2.53. The van der Waals surface area contributed by atoms with Gasteiger partial charge in [-0.3, -0.25) is 0 Å². The van der Waals surface area contributed by atoms with Gasteiger partial charge in [0.15, 0.2) is 0 Å². The molecule has 1 N–H and O–H groups in total. The fourth-order valence-corrected chi connectivity index (χ4v) is 2.77. The first-order valence-electron chi connectivity index (χ1n) is 5.44. The standard InChI is InChI=1S/C11H17N3S/c1-15-10-4-2-9(3-5-10)14-11-6-7-12-8-13-11/h6-10H,2-5H2,1H3,(H,12,13,14). The number of hydrogen-bond donors (Lipinski definition) is 1. The molecular weight excluding hydrogens is 206 g/mol. The zero-order chi connectivity index (χ0) is 10.5. The Hall–Kier alpha value is -0.770. The number of thioether (sulfide) groups is 1. The molecule has 1 aromatic rings. The summed E-state index contributed by atoms with van der Waals surface area (Å²) in [4.78, 5) is 8.09. The first kappa shape index (κ1) is 10.7. The van der Waals surface area contributed by atoms with E-state index in [0.29, 0.717) is 6.04 Å². The van der Waals surface area contributed by atoms with E-state index >= 15 is 0 Å². The smallest absolute Gasteiger partial charge is 0.129 e. The number of nitrogens with zero attached hydrogens (tertiary/aromatic N) is 2. The van der Waals surface area contributed by atoms with Gasteiger partial charge in [-0.1, -0.05) is 0 Å². The monoisotopic (exact) mass is 223 g/mol. The molecule has 1 saturated carbocycles. The van der Waals surface area contributed by atoms with E-state index in [9.17, 15) is 0 Å². The second kappa shape index (κ2) is 5.35. The molecule has 3 nitrogen and oxygen atoms in total. The average Bonchev–Trinajstić information content (AvgIpc) is 2.31. The minimum absolute atomic E-state index is 0.600. The third-order valence-electron chi connectivity index (χ3n) is 2.94. The number of aromatic nitrogens is 2. The van der Waals surface area contributed by atoms with Crippen molar-refractivity contribution >= 4 is 17.6 Å². The molecule has 0 aliphatic heterocycles. The summed E-state index contributed by atoms with van der Waals surface area (Å²) in [5.74, 6) is 0.956. The van der Waals surface area contributed by atoms with Crippen molar-refractivity contribution in [1.82, 2.24) is 9.97 Å². The average molecular weight is 223 g/mol. The molecule has 4 heteroatoms. The summed E-state index contributed by atoms with van der Waals surface area (Å²) in [5.41, 5.74) is 0. The van der Waals surface area contributed by atoms with Crippen LogP contribution in [0.25, 0.3) is 0 Å². The maximum Gasteiger partial charge on any atom is 0.129 e. The zero-order valence-corrected chi connectivity index (χ0v) is 9.83. The largest absolute Gasteiger partial charge is 0.367 e. The molecule has 0 atom stereocenters. The minimum atomic E-state index is 0.600. The van der Waals surface area contributed by atoms with Gasteiger partial charge in [0.1, 0.15) is 12.1 Å². The second-order valence-electron chi connectivity index (χ2n) is 3.95. The SMILES string of the molecule is CSC1CCC(Nc2ccncn2)CC1. The summed E-state index contributed by atoms with van der Waals surface area (Å²) in [6.45, 7) is 0. The van der Waals surface area contributed by atoms with Crippen molar-refractivity contribution in [3.05, 3.63) is 18.6 Å². The predicted octanol–water partition coefficient (Wildman–Crippen LogP) is 2.56. The molecule has 1 heterocycles. The van der Waals surface area contributed by atoms with Crippen LogP contribution >= 0.6 is 11.8 Å². The zero-order valence-electron chi connectivity index (χ0n) is 9.02. The minimum Gasteiger partial charge on any atom is -0.367 e. The lowest BCUT2D eigenvalue weighted by molar-refractivity contribution is 0.472. The van der Waals surface area contributed by atoms with E-state index in [1.807, 2.05) is 17.8 Å². The third-order valence-corrected chi connectivity index (χ3v) is 4.08. The molecule has 82 valence electrons. The quantitative estimate of drug-likeness (QED) is 0.854. The summed E-state index contributed by atoms with van der Waals surface area (Å²) >= 11 is 2.00. The van der Waals surface area contributed by atoms with E-state index in [4.69, 9.17) is 0 Å². The Morgan fingerprint density at radius 3 is 2.73 bits per heavy atom. The third kappa shape index (κ3) is 3.09. The normalized spacial score (nSPS) is 26.2. The highest BCUT2D eigenvalue weighted by Gasteiger charge is 2.20. The molecule has 0 aromatic carbocycles. The Morgan fingerprint density at radius 1 is 1.33 bits per heavy atom. The Bertz CT molecular complexity index is 283. The van der Waals surface area contributed by atoms with E-state index in [0.717, 1.165) is 11.1 Å². The Morgan fingerprint density at radius 2 is 2.13 bits per heavy atom. The number of nitrogens with one attached hydrogen (secondary N) is 1. The molecule has 0 unspecified atom stereocenters. The fraction of sp³-hybridized carbons (Fsp3) is 0.636. The molecule has 2 rings (SSSR count). The van der Waals surface area contributed by atoms with Crippen LogP contribution in [0.2, 0.25) is 0 Å². The lowest BCUT2D eigenvalue weighted by Crippen LogP contribution is -2.27. The van der Waals surface area contributed by atoms with Crippen LogP contribution in [0.3, 0.4) is 0 Å². The van der Waals surface area contributed by atoms with Gasteiger partial charge in [0.25, 0.3) is 0 Å². The van der Waals surface area contributed by atoms with Gasteiger partial charge in [0.2, 0.25) is 0 Å². The van der Waals surface area contributed by atoms with Gasteiger partial charge in [-0.05, 0) is 38.0 Å². The summed E-state index contributed by atoms with van der Waals surface area (Å²) < 4.78 is 0. The highest BCUT2D eigenvalue weighted by molar-refractivity contribution is 7.99. The van der Waals surface area contributed by atoms with Crippen LogP contribution in [-0.2, 0) is 0 Å². The van der Waals surface area contributed by atoms with Crippen LogP contribution in [0.15, 0.2) is 18.6 Å². The molecule has 1 aliphatic rings. The van der Waals surface area contributed by atoms with E-state index in [-0.39, 0.29) is 0 Å². The van der Waals surface area contributed by atoms with Crippen LogP contribution in [0.1, 0.15) is 25.7 Å². The molecule has 0 spiro atoms. The summed E-state index contributed by atoms with van der Waals surface area (Å²) in [5, 5.41) is 4.33. The van der Waals surface area contributed by atoms with Crippen molar-refractivity contribution in [1.29, 1.82) is 0 Å². The maximum atomic E-state index is 4.18. The molecule has 0 radical (unpaired) electrons. The second-order valence-corrected chi connectivity index (χ2v) is 5.09. The Kier molecular flexibility index (Phi) is 3.83. The highest BCUT2D eigenvalue weighted by Crippen LogP contribution is 2.28. The first-order valence-corrected chi connectivity index (χ1v) is 6.72. The van der Waals surface area contributed by atoms with Crippen molar-refractivity contribution < 1.29 is 0 Å². The predicted molar refractivity (Wildman–Crippen MR) is 65.2 cm³/mol. The fourth-order valence-electron chi connectivity index (χ4n) is 2.03. The van der Waals surface area contributed by atoms with Crippen LogP contribution in [0.5, 0.6) is 0 Å². The van der Waals surface area contributed by atoms with Crippen molar-refractivity contribution in [3.8, 4) is 0 Å². The van der Waals surface area contributed by atoms with Gasteiger partial charge in [-0.2, -0.15) is 11.8 Å². The lowest BCUT2D eigenvalue weighted by Gasteiger charge is -2.28. The van der Waals surface area contributed by atoms with Gasteiger partial charge < -0.3 is 5.32 Å². The number of anilines is 1. The first-order chi connectivity index (χ1) is 7.38. The molecule has 0 bridgehead atoms.